The SMILES string of the molecule is Cc1nn(C)cc1N1C(=O)/C(=C\c2ccc(COc3ccc4c(c3)CCC4)o2)NC1=S. The summed E-state index contributed by atoms with van der Waals surface area (Å²) in [5.74, 6) is 1.84. The number of hydrogen-bond donors (Lipinski definition) is 1. The van der Waals surface area contributed by atoms with E-state index in [9.17, 15) is 4.79 Å². The Kier molecular flexibility index (Phi) is 4.86. The summed E-state index contributed by atoms with van der Waals surface area (Å²) in [6.45, 7) is 2.16. The summed E-state index contributed by atoms with van der Waals surface area (Å²) in [6, 6.07) is 9.93. The fraction of sp³-hybridized carbons (Fsp3) is 0.261. The summed E-state index contributed by atoms with van der Waals surface area (Å²) in [5.41, 5.74) is 4.54. The highest BCUT2D eigenvalue weighted by atomic mass is 32.1. The smallest absolute Gasteiger partial charge is 0.281 e. The molecule has 1 amide bonds. The number of aromatic nitrogens is 2. The summed E-state index contributed by atoms with van der Waals surface area (Å²) < 4.78 is 13.4. The highest BCUT2D eigenvalue weighted by Gasteiger charge is 2.34. The minimum Gasteiger partial charge on any atom is -0.486 e. The van der Waals surface area contributed by atoms with Gasteiger partial charge in [0.05, 0.1) is 11.4 Å². The van der Waals surface area contributed by atoms with Crippen molar-refractivity contribution < 1.29 is 13.9 Å². The molecule has 5 rings (SSSR count). The van der Waals surface area contributed by atoms with E-state index in [-0.39, 0.29) is 5.91 Å². The van der Waals surface area contributed by atoms with Gasteiger partial charge in [0.2, 0.25) is 0 Å². The third kappa shape index (κ3) is 3.74. The third-order valence-corrected chi connectivity index (χ3v) is 5.81. The van der Waals surface area contributed by atoms with Crippen molar-refractivity contribution in [1.29, 1.82) is 0 Å². The van der Waals surface area contributed by atoms with E-state index in [2.05, 4.69) is 22.5 Å². The van der Waals surface area contributed by atoms with Crippen LogP contribution in [0.4, 0.5) is 5.69 Å². The van der Waals surface area contributed by atoms with Crippen LogP contribution in [0.3, 0.4) is 0 Å². The van der Waals surface area contributed by atoms with Crippen molar-refractivity contribution >= 4 is 35.0 Å². The maximum Gasteiger partial charge on any atom is 0.281 e. The summed E-state index contributed by atoms with van der Waals surface area (Å²) in [6.07, 6.45) is 6.90. The van der Waals surface area contributed by atoms with E-state index in [1.54, 1.807) is 24.0 Å². The normalized spacial score (nSPS) is 16.8. The molecule has 31 heavy (non-hydrogen) atoms. The number of ether oxygens (including phenoxy) is 1. The molecule has 0 saturated carbocycles. The molecule has 3 heterocycles. The monoisotopic (exact) mass is 434 g/mol. The van der Waals surface area contributed by atoms with Crippen molar-refractivity contribution in [3.8, 4) is 5.75 Å². The van der Waals surface area contributed by atoms with E-state index in [0.29, 0.717) is 34.6 Å². The second-order valence-corrected chi connectivity index (χ2v) is 8.17. The number of carbonyl (C=O) groups is 1. The molecule has 1 N–H and O–H groups in total. The Morgan fingerprint density at radius 3 is 2.90 bits per heavy atom. The number of carbonyl (C=O) groups excluding carboxylic acids is 1. The molecular formula is C23H22N4O3S. The van der Waals surface area contributed by atoms with Crippen LogP contribution < -0.4 is 15.0 Å². The van der Waals surface area contributed by atoms with E-state index >= 15 is 0 Å². The number of hydrogen-bond acceptors (Lipinski definition) is 5. The molecule has 7 nitrogen and oxygen atoms in total. The van der Waals surface area contributed by atoms with Crippen LogP contribution in [-0.2, 0) is 31.3 Å². The number of aryl methyl sites for hydroxylation is 4. The molecular weight excluding hydrogens is 412 g/mol. The molecule has 0 atom stereocenters. The van der Waals surface area contributed by atoms with Crippen LogP contribution in [0.1, 0.15) is 34.8 Å². The van der Waals surface area contributed by atoms with Gasteiger partial charge in [-0.2, -0.15) is 5.10 Å². The number of anilines is 1. The van der Waals surface area contributed by atoms with Crippen LogP contribution in [0.15, 0.2) is 46.6 Å². The number of fused-ring (bicyclic) bond motifs is 1. The predicted octanol–water partition coefficient (Wildman–Crippen LogP) is 3.65. The lowest BCUT2D eigenvalue weighted by molar-refractivity contribution is -0.113. The molecule has 1 saturated heterocycles. The first-order chi connectivity index (χ1) is 15.0. The van der Waals surface area contributed by atoms with Gasteiger partial charge in [-0.3, -0.25) is 9.48 Å². The third-order valence-electron chi connectivity index (χ3n) is 5.53. The zero-order valence-corrected chi connectivity index (χ0v) is 18.2. The number of nitrogens with one attached hydrogen (secondary N) is 1. The fourth-order valence-corrected chi connectivity index (χ4v) is 4.34. The Bertz CT molecular complexity index is 1220. The number of amides is 1. The largest absolute Gasteiger partial charge is 0.486 e. The molecule has 1 aliphatic carbocycles. The lowest BCUT2D eigenvalue weighted by Crippen LogP contribution is -2.30. The lowest BCUT2D eigenvalue weighted by atomic mass is 10.1. The number of rotatable bonds is 5. The zero-order valence-electron chi connectivity index (χ0n) is 17.3. The van der Waals surface area contributed by atoms with E-state index in [0.717, 1.165) is 24.3 Å². The number of thiocarbonyl (C=S) groups is 1. The van der Waals surface area contributed by atoms with Crippen molar-refractivity contribution in [1.82, 2.24) is 15.1 Å². The molecule has 0 bridgehead atoms. The van der Waals surface area contributed by atoms with E-state index in [1.807, 2.05) is 25.1 Å². The van der Waals surface area contributed by atoms with Gasteiger partial charge in [-0.15, -0.1) is 0 Å². The van der Waals surface area contributed by atoms with Gasteiger partial charge in [0.1, 0.15) is 29.6 Å². The summed E-state index contributed by atoms with van der Waals surface area (Å²) in [7, 11) is 1.81. The molecule has 158 valence electrons. The van der Waals surface area contributed by atoms with Crippen LogP contribution in [0.5, 0.6) is 5.75 Å². The molecule has 1 fully saturated rings. The Hall–Kier alpha value is -3.39. The average molecular weight is 435 g/mol. The number of nitrogens with zero attached hydrogens (tertiary/aromatic N) is 3. The summed E-state index contributed by atoms with van der Waals surface area (Å²) >= 11 is 5.36. The van der Waals surface area contributed by atoms with Gasteiger partial charge in [0, 0.05) is 19.3 Å². The fourth-order valence-electron chi connectivity index (χ4n) is 4.04. The quantitative estimate of drug-likeness (QED) is 0.488. The number of benzene rings is 1. The minimum atomic E-state index is -0.242. The van der Waals surface area contributed by atoms with Gasteiger partial charge in [-0.25, -0.2) is 4.90 Å². The van der Waals surface area contributed by atoms with Crippen molar-refractivity contribution in [2.75, 3.05) is 4.90 Å². The molecule has 0 radical (unpaired) electrons. The number of furan rings is 1. The second kappa shape index (κ2) is 7.70. The van der Waals surface area contributed by atoms with Crippen LogP contribution >= 0.6 is 12.2 Å². The minimum absolute atomic E-state index is 0.242. The van der Waals surface area contributed by atoms with Gasteiger partial charge >= 0.3 is 0 Å². The highest BCUT2D eigenvalue weighted by Crippen LogP contribution is 2.27. The standard InChI is InChI=1S/C23H22N4O3S/c1-14-21(12-26(2)25-14)27-22(28)20(24-23(27)31)11-18-8-9-19(30-18)13-29-17-7-6-15-4-3-5-16(15)10-17/h6-12H,3-5,13H2,1-2H3,(H,24,31)/b20-11+. The zero-order chi connectivity index (χ0) is 21.5. The first-order valence-electron chi connectivity index (χ1n) is 10.2. The Morgan fingerprint density at radius 1 is 1.26 bits per heavy atom. The second-order valence-electron chi connectivity index (χ2n) is 7.78. The molecule has 0 unspecified atom stereocenters. The Labute approximate surface area is 185 Å². The van der Waals surface area contributed by atoms with Gasteiger partial charge in [0.25, 0.3) is 5.91 Å². The van der Waals surface area contributed by atoms with Crippen LogP contribution in [0.2, 0.25) is 0 Å². The van der Waals surface area contributed by atoms with Crippen LogP contribution in [0.25, 0.3) is 6.08 Å². The van der Waals surface area contributed by atoms with Crippen molar-refractivity contribution in [3.63, 3.8) is 0 Å². The first kappa shape index (κ1) is 19.6. The first-order valence-corrected chi connectivity index (χ1v) is 10.6. The Morgan fingerprint density at radius 2 is 2.10 bits per heavy atom. The van der Waals surface area contributed by atoms with Gasteiger partial charge in [0.15, 0.2) is 5.11 Å². The molecule has 1 aromatic carbocycles. The summed E-state index contributed by atoms with van der Waals surface area (Å²) in [4.78, 5) is 14.3. The maximum absolute atomic E-state index is 12.9. The van der Waals surface area contributed by atoms with Gasteiger partial charge in [-0.05, 0) is 73.8 Å². The molecule has 1 aliphatic heterocycles. The van der Waals surface area contributed by atoms with E-state index < -0.39 is 0 Å². The lowest BCUT2D eigenvalue weighted by Gasteiger charge is -2.11. The van der Waals surface area contributed by atoms with E-state index in [4.69, 9.17) is 21.4 Å². The van der Waals surface area contributed by atoms with Crippen molar-refractivity contribution in [3.05, 3.63) is 70.6 Å². The molecule has 3 aromatic rings. The predicted molar refractivity (Wildman–Crippen MR) is 121 cm³/mol. The molecule has 2 aliphatic rings. The Balaban J connectivity index is 1.28. The van der Waals surface area contributed by atoms with Crippen molar-refractivity contribution in [2.24, 2.45) is 7.05 Å². The average Bonchev–Trinajstić information content (AvgIpc) is 3.50. The molecule has 2 aromatic heterocycles. The van der Waals surface area contributed by atoms with Crippen LogP contribution in [0, 0.1) is 6.92 Å². The molecule has 8 heteroatoms. The molecule has 0 spiro atoms. The van der Waals surface area contributed by atoms with E-state index in [1.165, 1.54) is 22.4 Å². The topological polar surface area (TPSA) is 72.5 Å². The van der Waals surface area contributed by atoms with Gasteiger partial charge in [-0.1, -0.05) is 6.07 Å². The highest BCUT2D eigenvalue weighted by molar-refractivity contribution is 7.80. The van der Waals surface area contributed by atoms with Crippen molar-refractivity contribution in [2.45, 2.75) is 32.8 Å². The maximum atomic E-state index is 12.9. The van der Waals surface area contributed by atoms with Crippen LogP contribution in [-0.4, -0.2) is 20.8 Å². The summed E-state index contributed by atoms with van der Waals surface area (Å²) in [5, 5.41) is 7.57. The van der Waals surface area contributed by atoms with Gasteiger partial charge < -0.3 is 14.5 Å².